The SMILES string of the molecule is CS(C)(CCCN)C12C=C3CC4(CCCN)CC(C1)S342. The molecule has 4 aliphatic heterocycles. The molecule has 4 heteroatoms. The maximum Gasteiger partial charge on any atom is 0.0546 e. The predicted molar refractivity (Wildman–Crippen MR) is 95.0 cm³/mol. The maximum absolute atomic E-state index is 5.80. The lowest BCUT2D eigenvalue weighted by Gasteiger charge is -2.97. The molecular weight excluding hydrogens is 284 g/mol. The molecule has 0 radical (unpaired) electrons. The van der Waals surface area contributed by atoms with Crippen LogP contribution in [0.4, 0.5) is 0 Å². The average Bonchev–Trinajstić information content (AvgIpc) is 2.32. The van der Waals surface area contributed by atoms with E-state index in [2.05, 4.69) is 18.6 Å². The van der Waals surface area contributed by atoms with Crippen molar-refractivity contribution in [3.05, 3.63) is 11.0 Å². The largest absolute Gasteiger partial charge is 0.330 e. The Bertz CT molecular complexity index is 489. The van der Waals surface area contributed by atoms with E-state index in [0.717, 1.165) is 23.1 Å². The Morgan fingerprint density at radius 1 is 1.25 bits per heavy atom. The summed E-state index contributed by atoms with van der Waals surface area (Å²) in [5.41, 5.74) is 11.6. The van der Waals surface area contributed by atoms with Crippen molar-refractivity contribution in [3.63, 3.8) is 0 Å². The standard InChI is InChI=1S/C16H30N2S2/c1-19(2,8-4-7-18)16-11-13-9-15(5-3-6-17)10-14(12-16)20(13,15)16/h11,14H,3-10,12,17-18H2,1-2H3. The second-order valence-electron chi connectivity index (χ2n) is 7.75. The molecule has 2 nitrogen and oxygen atoms in total. The summed E-state index contributed by atoms with van der Waals surface area (Å²) in [4.78, 5) is 1.94. The van der Waals surface area contributed by atoms with Crippen molar-refractivity contribution in [2.24, 2.45) is 11.5 Å². The van der Waals surface area contributed by atoms with Gasteiger partial charge in [-0.15, -0.1) is 0 Å². The summed E-state index contributed by atoms with van der Waals surface area (Å²) in [5.74, 6) is 1.39. The molecule has 4 unspecified atom stereocenters. The fourth-order valence-corrected chi connectivity index (χ4v) is 19.4. The lowest BCUT2D eigenvalue weighted by molar-refractivity contribution is 0.327. The van der Waals surface area contributed by atoms with Crippen LogP contribution in [0.5, 0.6) is 0 Å². The van der Waals surface area contributed by atoms with Crippen LogP contribution < -0.4 is 11.5 Å². The van der Waals surface area contributed by atoms with E-state index in [4.69, 9.17) is 11.5 Å². The van der Waals surface area contributed by atoms with Crippen LogP contribution in [0.25, 0.3) is 0 Å². The van der Waals surface area contributed by atoms with Crippen LogP contribution in [0.15, 0.2) is 11.0 Å². The van der Waals surface area contributed by atoms with Gasteiger partial charge in [-0.25, -0.2) is 10.0 Å². The Labute approximate surface area is 126 Å². The maximum atomic E-state index is 5.80. The van der Waals surface area contributed by atoms with Crippen LogP contribution in [0, 0.1) is 0 Å². The molecule has 116 valence electrons. The summed E-state index contributed by atoms with van der Waals surface area (Å²) in [6.45, 7) is 1.75. The highest BCUT2D eigenvalue weighted by Gasteiger charge is 2.88. The molecule has 0 aromatic heterocycles. The number of hydrogen-bond acceptors (Lipinski definition) is 2. The number of hydrogen-bond donors (Lipinski definition) is 2. The summed E-state index contributed by atoms with van der Waals surface area (Å²) >= 11 is 0. The molecule has 1 spiro atoms. The zero-order valence-corrected chi connectivity index (χ0v) is 14.6. The third kappa shape index (κ3) is 1.15. The second-order valence-corrected chi connectivity index (χ2v) is 16.3. The third-order valence-electron chi connectivity index (χ3n) is 6.76. The van der Waals surface area contributed by atoms with Crippen molar-refractivity contribution in [1.82, 2.24) is 0 Å². The zero-order valence-electron chi connectivity index (χ0n) is 13.0. The first-order chi connectivity index (χ1) is 9.50. The molecule has 4 rings (SSSR count). The monoisotopic (exact) mass is 314 g/mol. The fourth-order valence-electron chi connectivity index (χ4n) is 5.99. The van der Waals surface area contributed by atoms with Gasteiger partial charge in [0.05, 0.1) is 4.08 Å². The van der Waals surface area contributed by atoms with Gasteiger partial charge < -0.3 is 11.5 Å². The van der Waals surface area contributed by atoms with E-state index < -0.39 is 10.0 Å². The third-order valence-corrected chi connectivity index (χ3v) is 18.0. The Balaban J connectivity index is 1.61. The van der Waals surface area contributed by atoms with E-state index in [1.165, 1.54) is 37.9 Å². The van der Waals surface area contributed by atoms with Crippen molar-refractivity contribution in [3.8, 4) is 0 Å². The van der Waals surface area contributed by atoms with Gasteiger partial charge in [-0.05, 0) is 80.0 Å². The van der Waals surface area contributed by atoms with Crippen molar-refractivity contribution >= 4 is 20.1 Å². The van der Waals surface area contributed by atoms with Gasteiger partial charge in [0.15, 0.2) is 0 Å². The highest BCUT2D eigenvalue weighted by atomic mass is 32.3. The minimum atomic E-state index is -0.504. The van der Waals surface area contributed by atoms with E-state index >= 15 is 0 Å². The first-order valence-corrected chi connectivity index (χ1v) is 12.5. The zero-order chi connectivity index (χ0) is 14.2. The van der Waals surface area contributed by atoms with Crippen molar-refractivity contribution in [2.45, 2.75) is 52.6 Å². The molecule has 4 N–H and O–H groups in total. The predicted octanol–water partition coefficient (Wildman–Crippen LogP) is 2.86. The highest BCUT2D eigenvalue weighted by Crippen LogP contribution is 3.09. The Kier molecular flexibility index (Phi) is 2.80. The number of rotatable bonds is 7. The topological polar surface area (TPSA) is 52.0 Å². The Morgan fingerprint density at radius 2 is 2.00 bits per heavy atom. The minimum absolute atomic E-state index is 0.341. The van der Waals surface area contributed by atoms with E-state index in [-0.39, 0.29) is 10.0 Å². The van der Waals surface area contributed by atoms with Gasteiger partial charge in [-0.1, -0.05) is 6.08 Å². The average molecular weight is 315 g/mol. The summed E-state index contributed by atoms with van der Waals surface area (Å²) in [6.07, 6.45) is 16.4. The van der Waals surface area contributed by atoms with Crippen LogP contribution in [0.3, 0.4) is 0 Å². The van der Waals surface area contributed by atoms with Crippen LogP contribution in [0.2, 0.25) is 0 Å². The van der Waals surface area contributed by atoms with Gasteiger partial charge in [-0.2, -0.15) is 10.0 Å². The molecule has 0 amide bonds. The first-order valence-electron chi connectivity index (χ1n) is 8.14. The summed E-state index contributed by atoms with van der Waals surface area (Å²) < 4.78 is 1.46. The molecular formula is C16H30N2S2. The lowest BCUT2D eigenvalue weighted by atomic mass is 9.83. The number of nitrogens with two attached hydrogens (primary N) is 2. The van der Waals surface area contributed by atoms with Crippen LogP contribution in [-0.4, -0.2) is 45.4 Å². The van der Waals surface area contributed by atoms with E-state index in [1.54, 1.807) is 6.42 Å². The molecule has 3 saturated heterocycles. The van der Waals surface area contributed by atoms with Crippen molar-refractivity contribution in [1.29, 1.82) is 0 Å². The molecule has 4 aliphatic rings. The van der Waals surface area contributed by atoms with Crippen LogP contribution in [0.1, 0.15) is 38.5 Å². The molecule has 0 aliphatic carbocycles. The van der Waals surface area contributed by atoms with E-state index in [1.807, 2.05) is 4.91 Å². The molecule has 0 aromatic rings. The second kappa shape index (κ2) is 4.01. The molecule has 3 fully saturated rings. The van der Waals surface area contributed by atoms with Gasteiger partial charge in [0.2, 0.25) is 0 Å². The molecule has 0 aromatic carbocycles. The lowest BCUT2D eigenvalue weighted by Crippen LogP contribution is -2.81. The van der Waals surface area contributed by atoms with Crippen molar-refractivity contribution < 1.29 is 0 Å². The van der Waals surface area contributed by atoms with Crippen LogP contribution in [-0.2, 0) is 0 Å². The van der Waals surface area contributed by atoms with Gasteiger partial charge in [0.25, 0.3) is 0 Å². The quantitative estimate of drug-likeness (QED) is 0.759. The molecule has 0 bridgehead atoms. The van der Waals surface area contributed by atoms with Gasteiger partial charge >= 0.3 is 0 Å². The van der Waals surface area contributed by atoms with Gasteiger partial charge in [0, 0.05) is 4.75 Å². The summed E-state index contributed by atoms with van der Waals surface area (Å²) in [6, 6.07) is 0. The minimum Gasteiger partial charge on any atom is -0.330 e. The fraction of sp³-hybridized carbons (Fsp3) is 0.875. The Morgan fingerprint density at radius 3 is 2.60 bits per heavy atom. The molecule has 20 heavy (non-hydrogen) atoms. The van der Waals surface area contributed by atoms with E-state index in [0.29, 0.717) is 4.08 Å². The van der Waals surface area contributed by atoms with E-state index in [9.17, 15) is 0 Å². The summed E-state index contributed by atoms with van der Waals surface area (Å²) in [5, 5.41) is 1.12. The molecule has 4 atom stereocenters. The van der Waals surface area contributed by atoms with Crippen LogP contribution >= 0.6 is 20.1 Å². The van der Waals surface area contributed by atoms with Gasteiger partial charge in [-0.3, -0.25) is 0 Å². The number of allylic oxidation sites excluding steroid dienone is 1. The Hall–Kier alpha value is 0.360. The molecule has 0 saturated carbocycles. The van der Waals surface area contributed by atoms with Crippen molar-refractivity contribution in [2.75, 3.05) is 31.4 Å². The smallest absolute Gasteiger partial charge is 0.0546 e. The first kappa shape index (κ1) is 14.0. The molecule has 4 heterocycles. The van der Waals surface area contributed by atoms with Gasteiger partial charge in [0.1, 0.15) is 0 Å². The highest BCUT2D eigenvalue weighted by molar-refractivity contribution is 8.56. The normalized spacial score (nSPS) is 51.0. The summed E-state index contributed by atoms with van der Waals surface area (Å²) in [7, 11) is -0.845.